The number of likely N-dealkylation sites (tertiary alicyclic amines) is 1. The van der Waals surface area contributed by atoms with E-state index in [9.17, 15) is 4.21 Å². The van der Waals surface area contributed by atoms with Crippen LogP contribution < -0.4 is 10.6 Å². The van der Waals surface area contributed by atoms with E-state index in [1.165, 1.54) is 5.56 Å². The maximum absolute atomic E-state index is 12.2. The Kier molecular flexibility index (Phi) is 8.77. The smallest absolute Gasteiger partial charge is 0.191 e. The van der Waals surface area contributed by atoms with Gasteiger partial charge in [0.2, 0.25) is 0 Å². The first kappa shape index (κ1) is 21.9. The lowest BCUT2D eigenvalue weighted by atomic mass is 10.0. The Morgan fingerprint density at radius 2 is 1.89 bits per heavy atom. The van der Waals surface area contributed by atoms with Crippen LogP contribution in [-0.2, 0) is 17.3 Å². The van der Waals surface area contributed by atoms with Gasteiger partial charge in [-0.15, -0.1) is 0 Å². The summed E-state index contributed by atoms with van der Waals surface area (Å²) in [5.74, 6) is 1.46. The average molecular weight is 393 g/mol. The number of nitrogens with zero attached hydrogens (tertiary/aromatic N) is 2. The van der Waals surface area contributed by atoms with Crippen molar-refractivity contribution in [2.75, 3.05) is 31.9 Å². The fourth-order valence-electron chi connectivity index (χ4n) is 3.14. The third kappa shape index (κ3) is 8.01. The first-order valence-corrected chi connectivity index (χ1v) is 11.4. The number of rotatable bonds is 7. The van der Waals surface area contributed by atoms with E-state index in [0.717, 1.165) is 45.0 Å². The van der Waals surface area contributed by atoms with Crippen LogP contribution in [0.1, 0.15) is 46.1 Å². The highest BCUT2D eigenvalue weighted by Crippen LogP contribution is 2.14. The summed E-state index contributed by atoms with van der Waals surface area (Å²) in [5.41, 5.74) is 1.38. The summed E-state index contributed by atoms with van der Waals surface area (Å²) in [5, 5.41) is 6.89. The van der Waals surface area contributed by atoms with E-state index < -0.39 is 10.8 Å². The number of nitrogens with one attached hydrogen (secondary N) is 2. The molecular formula is C21H36N4OS. The highest BCUT2D eigenvalue weighted by Gasteiger charge is 2.21. The zero-order valence-electron chi connectivity index (χ0n) is 17.3. The van der Waals surface area contributed by atoms with E-state index in [4.69, 9.17) is 0 Å². The van der Waals surface area contributed by atoms with Crippen molar-refractivity contribution in [2.45, 2.75) is 57.9 Å². The Balaban J connectivity index is 1.78. The summed E-state index contributed by atoms with van der Waals surface area (Å²) < 4.78 is 12.0. The first-order chi connectivity index (χ1) is 12.9. The molecule has 1 aliphatic rings. The fourth-order valence-corrected chi connectivity index (χ4v) is 4.01. The number of hydrogen-bond acceptors (Lipinski definition) is 3. The van der Waals surface area contributed by atoms with Crippen LogP contribution in [-0.4, -0.2) is 57.8 Å². The Bertz CT molecular complexity index is 604. The molecule has 1 heterocycles. The summed E-state index contributed by atoms with van der Waals surface area (Å²) in [7, 11) is -0.858. The molecule has 1 aromatic rings. The van der Waals surface area contributed by atoms with E-state index in [2.05, 4.69) is 57.8 Å². The Hall–Kier alpha value is -1.40. The van der Waals surface area contributed by atoms with Crippen molar-refractivity contribution < 1.29 is 4.21 Å². The van der Waals surface area contributed by atoms with Crippen molar-refractivity contribution in [1.82, 2.24) is 15.5 Å². The van der Waals surface area contributed by atoms with Crippen LogP contribution in [0.4, 0.5) is 0 Å². The summed E-state index contributed by atoms with van der Waals surface area (Å²) in [6.45, 7) is 12.8. The summed E-state index contributed by atoms with van der Waals surface area (Å²) in [6, 6.07) is 11.1. The molecule has 0 amide bonds. The van der Waals surface area contributed by atoms with Gasteiger partial charge in [0.05, 0.1) is 6.54 Å². The van der Waals surface area contributed by atoms with Crippen LogP contribution in [0.5, 0.6) is 0 Å². The molecule has 1 aromatic carbocycles. The van der Waals surface area contributed by atoms with Crippen LogP contribution in [0, 0.1) is 0 Å². The first-order valence-electron chi connectivity index (χ1n) is 10.1. The minimum atomic E-state index is -0.858. The number of hydrogen-bond donors (Lipinski definition) is 2. The molecule has 0 aromatic heterocycles. The normalized spacial score (nSPS) is 18.3. The van der Waals surface area contributed by atoms with Gasteiger partial charge < -0.3 is 10.6 Å². The van der Waals surface area contributed by atoms with Gasteiger partial charge in [0, 0.05) is 53.5 Å². The van der Waals surface area contributed by atoms with Gasteiger partial charge in [0.25, 0.3) is 0 Å². The maximum Gasteiger partial charge on any atom is 0.191 e. The van der Waals surface area contributed by atoms with E-state index >= 15 is 0 Å². The maximum atomic E-state index is 12.2. The largest absolute Gasteiger partial charge is 0.357 e. The molecule has 1 unspecified atom stereocenters. The van der Waals surface area contributed by atoms with Gasteiger partial charge in [0.15, 0.2) is 5.96 Å². The molecule has 152 valence electrons. The van der Waals surface area contributed by atoms with Crippen molar-refractivity contribution >= 4 is 16.8 Å². The molecule has 2 rings (SSSR count). The second kappa shape index (κ2) is 10.8. The predicted molar refractivity (Wildman–Crippen MR) is 117 cm³/mol. The van der Waals surface area contributed by atoms with Gasteiger partial charge in [-0.05, 0) is 46.1 Å². The topological polar surface area (TPSA) is 56.7 Å². The molecule has 2 N–H and O–H groups in total. The Morgan fingerprint density at radius 1 is 1.22 bits per heavy atom. The van der Waals surface area contributed by atoms with Crippen molar-refractivity contribution in [1.29, 1.82) is 0 Å². The second-order valence-corrected chi connectivity index (χ2v) is 10.4. The lowest BCUT2D eigenvalue weighted by Gasteiger charge is -2.33. The van der Waals surface area contributed by atoms with Crippen LogP contribution in [0.2, 0.25) is 0 Å². The van der Waals surface area contributed by atoms with Gasteiger partial charge in [-0.3, -0.25) is 14.1 Å². The molecule has 27 heavy (non-hydrogen) atoms. The van der Waals surface area contributed by atoms with Gasteiger partial charge in [-0.1, -0.05) is 30.3 Å². The van der Waals surface area contributed by atoms with Crippen molar-refractivity contribution in [2.24, 2.45) is 4.99 Å². The minimum absolute atomic E-state index is 0.174. The van der Waals surface area contributed by atoms with E-state index in [1.54, 1.807) is 0 Å². The number of piperidine rings is 1. The van der Waals surface area contributed by atoms with Crippen molar-refractivity contribution in [3.63, 3.8) is 0 Å². The van der Waals surface area contributed by atoms with Gasteiger partial charge in [0.1, 0.15) is 0 Å². The van der Waals surface area contributed by atoms with Crippen LogP contribution in [0.15, 0.2) is 35.3 Å². The van der Waals surface area contributed by atoms with E-state index in [-0.39, 0.29) is 4.75 Å². The third-order valence-electron chi connectivity index (χ3n) is 4.75. The second-order valence-electron chi connectivity index (χ2n) is 8.10. The SMILES string of the molecule is CCNC(=NCCS(=O)C(C)(C)C)NC1CCN(Cc2ccccc2)CC1. The monoisotopic (exact) mass is 392 g/mol. The summed E-state index contributed by atoms with van der Waals surface area (Å²) in [6.07, 6.45) is 2.23. The Morgan fingerprint density at radius 3 is 2.48 bits per heavy atom. The predicted octanol–water partition coefficient (Wildman–Crippen LogP) is 2.75. The molecular weight excluding hydrogens is 356 g/mol. The zero-order chi connectivity index (χ0) is 19.7. The molecule has 1 atom stereocenters. The lowest BCUT2D eigenvalue weighted by Crippen LogP contribution is -2.48. The summed E-state index contributed by atoms with van der Waals surface area (Å²) >= 11 is 0. The quantitative estimate of drug-likeness (QED) is 0.553. The lowest BCUT2D eigenvalue weighted by molar-refractivity contribution is 0.198. The third-order valence-corrected chi connectivity index (χ3v) is 6.67. The highest BCUT2D eigenvalue weighted by molar-refractivity contribution is 7.86. The highest BCUT2D eigenvalue weighted by atomic mass is 32.2. The standard InChI is InChI=1S/C21H36N4OS/c1-5-22-20(23-13-16-27(26)21(2,3)4)24-19-11-14-25(15-12-19)17-18-9-7-6-8-10-18/h6-10,19H,5,11-17H2,1-4H3,(H2,22,23,24). The van der Waals surface area contributed by atoms with E-state index in [0.29, 0.717) is 18.3 Å². The van der Waals surface area contributed by atoms with Crippen molar-refractivity contribution in [3.8, 4) is 0 Å². The molecule has 0 aliphatic carbocycles. The van der Waals surface area contributed by atoms with Gasteiger partial charge in [-0.2, -0.15) is 0 Å². The molecule has 6 heteroatoms. The fraction of sp³-hybridized carbons (Fsp3) is 0.667. The molecule has 0 saturated carbocycles. The molecule has 1 fully saturated rings. The number of guanidine groups is 1. The molecule has 5 nitrogen and oxygen atoms in total. The average Bonchev–Trinajstić information content (AvgIpc) is 2.63. The van der Waals surface area contributed by atoms with Crippen LogP contribution in [0.3, 0.4) is 0 Å². The van der Waals surface area contributed by atoms with Crippen LogP contribution in [0.25, 0.3) is 0 Å². The number of benzene rings is 1. The molecule has 0 radical (unpaired) electrons. The summed E-state index contributed by atoms with van der Waals surface area (Å²) in [4.78, 5) is 7.15. The minimum Gasteiger partial charge on any atom is -0.357 e. The molecule has 0 spiro atoms. The van der Waals surface area contributed by atoms with E-state index in [1.807, 2.05) is 20.8 Å². The van der Waals surface area contributed by atoms with Crippen LogP contribution >= 0.6 is 0 Å². The molecule has 1 saturated heterocycles. The Labute approximate surface area is 167 Å². The number of aliphatic imine (C=N–C) groups is 1. The zero-order valence-corrected chi connectivity index (χ0v) is 18.1. The van der Waals surface area contributed by atoms with Crippen molar-refractivity contribution in [3.05, 3.63) is 35.9 Å². The van der Waals surface area contributed by atoms with Gasteiger partial charge >= 0.3 is 0 Å². The van der Waals surface area contributed by atoms with Gasteiger partial charge in [-0.25, -0.2) is 0 Å². The molecule has 0 bridgehead atoms. The molecule has 1 aliphatic heterocycles.